The monoisotopic (exact) mass is 460 g/mol. The second-order valence-corrected chi connectivity index (χ2v) is 7.53. The predicted molar refractivity (Wildman–Crippen MR) is 106 cm³/mol. The second kappa shape index (κ2) is 8.03. The molecule has 0 bridgehead atoms. The van der Waals surface area contributed by atoms with Gasteiger partial charge in [0.25, 0.3) is 11.4 Å². The summed E-state index contributed by atoms with van der Waals surface area (Å²) >= 11 is 4.87. The summed E-state index contributed by atoms with van der Waals surface area (Å²) in [6.45, 7) is 0.0465. The summed E-state index contributed by atoms with van der Waals surface area (Å²) in [6.07, 6.45) is 1.45. The van der Waals surface area contributed by atoms with Gasteiger partial charge >= 0.3 is 5.97 Å². The molecule has 3 aromatic heterocycles. The van der Waals surface area contributed by atoms with Crippen LogP contribution >= 0.6 is 27.3 Å². The van der Waals surface area contributed by atoms with Crippen molar-refractivity contribution in [1.29, 1.82) is 0 Å². The number of benzene rings is 1. The average molecular weight is 461 g/mol. The Morgan fingerprint density at radius 2 is 2.21 bits per heavy atom. The smallest absolute Gasteiger partial charge is 0.308 e. The highest BCUT2D eigenvalue weighted by Gasteiger charge is 2.12. The number of esters is 1. The van der Waals surface area contributed by atoms with Crippen molar-refractivity contribution in [2.75, 3.05) is 0 Å². The van der Waals surface area contributed by atoms with E-state index in [0.29, 0.717) is 16.7 Å². The lowest BCUT2D eigenvalue weighted by molar-refractivity contribution is -0.146. The van der Waals surface area contributed by atoms with Crippen molar-refractivity contribution in [2.45, 2.75) is 19.6 Å². The molecule has 3 heterocycles. The summed E-state index contributed by atoms with van der Waals surface area (Å²) in [5.74, 6) is 0.188. The summed E-state index contributed by atoms with van der Waals surface area (Å²) < 4.78 is 12.4. The van der Waals surface area contributed by atoms with Gasteiger partial charge in [-0.1, -0.05) is 21.1 Å². The summed E-state index contributed by atoms with van der Waals surface area (Å²) in [4.78, 5) is 32.9. The number of rotatable bonds is 6. The molecule has 0 spiro atoms. The molecule has 8 nitrogen and oxygen atoms in total. The third kappa shape index (κ3) is 4.02. The van der Waals surface area contributed by atoms with Crippen molar-refractivity contribution in [1.82, 2.24) is 19.7 Å². The minimum Gasteiger partial charge on any atom is -0.456 e. The molecule has 4 rings (SSSR count). The van der Waals surface area contributed by atoms with E-state index in [9.17, 15) is 9.59 Å². The number of ether oxygens (including phenoxy) is 1. The lowest BCUT2D eigenvalue weighted by Crippen LogP contribution is -2.22. The molecule has 142 valence electrons. The van der Waals surface area contributed by atoms with Gasteiger partial charge in [0.2, 0.25) is 5.82 Å². The molecule has 0 radical (unpaired) electrons. The Morgan fingerprint density at radius 1 is 1.32 bits per heavy atom. The first-order valence-electron chi connectivity index (χ1n) is 8.25. The predicted octanol–water partition coefficient (Wildman–Crippen LogP) is 3.40. The minimum absolute atomic E-state index is 0.0205. The fourth-order valence-corrected chi connectivity index (χ4v) is 3.53. The standard InChI is InChI=1S/C18H13BrN4O4S/c19-12-1-2-14-13(7-12)18(25)23(10-20-14)5-3-16(24)26-8-15-21-17(22-27-15)11-4-6-28-9-11/h1-2,4,6-7,9-10H,3,5,8H2. The van der Waals surface area contributed by atoms with E-state index >= 15 is 0 Å². The van der Waals surface area contributed by atoms with E-state index < -0.39 is 5.97 Å². The normalized spacial score (nSPS) is 11.0. The van der Waals surface area contributed by atoms with Crippen LogP contribution in [0.15, 0.2) is 55.1 Å². The van der Waals surface area contributed by atoms with Crippen molar-refractivity contribution in [2.24, 2.45) is 0 Å². The minimum atomic E-state index is -0.475. The Balaban J connectivity index is 1.35. The molecule has 1 aromatic carbocycles. The molecule has 0 saturated carbocycles. The highest BCUT2D eigenvalue weighted by atomic mass is 79.9. The first kappa shape index (κ1) is 18.5. The van der Waals surface area contributed by atoms with Crippen LogP contribution in [-0.4, -0.2) is 25.7 Å². The fourth-order valence-electron chi connectivity index (χ4n) is 2.54. The SMILES string of the molecule is O=C(CCn1cnc2ccc(Br)cc2c1=O)OCc1nc(-c2ccsc2)no1. The van der Waals surface area contributed by atoms with Crippen LogP contribution in [0.1, 0.15) is 12.3 Å². The Morgan fingerprint density at radius 3 is 3.04 bits per heavy atom. The third-order valence-corrected chi connectivity index (χ3v) is 5.12. The molecule has 10 heteroatoms. The third-order valence-electron chi connectivity index (χ3n) is 3.95. The molecule has 0 aliphatic carbocycles. The van der Waals surface area contributed by atoms with Crippen LogP contribution in [0.3, 0.4) is 0 Å². The quantitative estimate of drug-likeness (QED) is 0.406. The van der Waals surface area contributed by atoms with E-state index in [-0.39, 0.29) is 31.0 Å². The van der Waals surface area contributed by atoms with Crippen molar-refractivity contribution in [3.8, 4) is 11.4 Å². The molecule has 0 atom stereocenters. The number of carbonyl (C=O) groups excluding carboxylic acids is 1. The summed E-state index contributed by atoms with van der Waals surface area (Å²) in [6, 6.07) is 7.16. The van der Waals surface area contributed by atoms with Crippen LogP contribution in [0.5, 0.6) is 0 Å². The highest BCUT2D eigenvalue weighted by Crippen LogP contribution is 2.19. The van der Waals surface area contributed by atoms with Gasteiger partial charge in [0.15, 0.2) is 6.61 Å². The van der Waals surface area contributed by atoms with Gasteiger partial charge in [0.1, 0.15) is 0 Å². The lowest BCUT2D eigenvalue weighted by atomic mass is 10.2. The number of aryl methyl sites for hydroxylation is 1. The van der Waals surface area contributed by atoms with E-state index in [2.05, 4.69) is 31.1 Å². The number of hydrogen-bond donors (Lipinski definition) is 0. The number of nitrogens with zero attached hydrogens (tertiary/aromatic N) is 4. The van der Waals surface area contributed by atoms with Gasteiger partial charge in [0.05, 0.1) is 23.7 Å². The molecule has 0 aliphatic rings. The van der Waals surface area contributed by atoms with Crippen LogP contribution in [0.25, 0.3) is 22.3 Å². The van der Waals surface area contributed by atoms with Gasteiger partial charge in [-0.2, -0.15) is 16.3 Å². The van der Waals surface area contributed by atoms with Crippen LogP contribution in [0.2, 0.25) is 0 Å². The highest BCUT2D eigenvalue weighted by molar-refractivity contribution is 9.10. The lowest BCUT2D eigenvalue weighted by Gasteiger charge is -2.06. The largest absolute Gasteiger partial charge is 0.456 e. The Bertz CT molecular complexity index is 1190. The molecule has 0 N–H and O–H groups in total. The first-order valence-corrected chi connectivity index (χ1v) is 9.99. The number of carbonyl (C=O) groups is 1. The molecular weight excluding hydrogens is 448 g/mol. The summed E-state index contributed by atoms with van der Waals surface area (Å²) in [5.41, 5.74) is 1.24. The molecule has 0 aliphatic heterocycles. The zero-order valence-electron chi connectivity index (χ0n) is 14.4. The van der Waals surface area contributed by atoms with Gasteiger partial charge in [-0.25, -0.2) is 4.98 Å². The van der Waals surface area contributed by atoms with E-state index in [1.165, 1.54) is 22.2 Å². The molecule has 0 saturated heterocycles. The number of halogens is 1. The van der Waals surface area contributed by atoms with Crippen LogP contribution in [0.4, 0.5) is 0 Å². The molecule has 4 aromatic rings. The Kier molecular flexibility index (Phi) is 5.31. The fraction of sp³-hybridized carbons (Fsp3) is 0.167. The molecule has 0 unspecified atom stereocenters. The van der Waals surface area contributed by atoms with Crippen LogP contribution in [0, 0.1) is 0 Å². The topological polar surface area (TPSA) is 100 Å². The number of fused-ring (bicyclic) bond motifs is 1. The summed E-state index contributed by atoms with van der Waals surface area (Å²) in [7, 11) is 0. The maximum absolute atomic E-state index is 12.5. The van der Waals surface area contributed by atoms with Crippen molar-refractivity contribution in [3.63, 3.8) is 0 Å². The number of aromatic nitrogens is 4. The van der Waals surface area contributed by atoms with Crippen LogP contribution in [-0.2, 0) is 22.7 Å². The van der Waals surface area contributed by atoms with E-state index in [1.54, 1.807) is 12.1 Å². The maximum Gasteiger partial charge on any atom is 0.308 e. The zero-order valence-corrected chi connectivity index (χ0v) is 16.8. The number of hydrogen-bond acceptors (Lipinski definition) is 8. The van der Waals surface area contributed by atoms with Gasteiger partial charge in [-0.05, 0) is 29.6 Å². The van der Waals surface area contributed by atoms with E-state index in [1.807, 2.05) is 22.9 Å². The van der Waals surface area contributed by atoms with Crippen molar-refractivity contribution < 1.29 is 14.1 Å². The molecule has 0 amide bonds. The van der Waals surface area contributed by atoms with Crippen molar-refractivity contribution in [3.05, 3.63) is 62.1 Å². The van der Waals surface area contributed by atoms with Crippen molar-refractivity contribution >= 4 is 44.1 Å². The Hall–Kier alpha value is -2.85. The molecule has 0 fully saturated rings. The Labute approximate surface area is 170 Å². The van der Waals surface area contributed by atoms with Crippen LogP contribution < -0.4 is 5.56 Å². The van der Waals surface area contributed by atoms with Gasteiger partial charge in [-0.3, -0.25) is 14.2 Å². The first-order chi connectivity index (χ1) is 13.6. The maximum atomic E-state index is 12.5. The van der Waals surface area contributed by atoms with Gasteiger partial charge < -0.3 is 9.26 Å². The zero-order chi connectivity index (χ0) is 19.5. The van der Waals surface area contributed by atoms with E-state index in [0.717, 1.165) is 10.0 Å². The van der Waals surface area contributed by atoms with Gasteiger partial charge in [-0.15, -0.1) is 0 Å². The average Bonchev–Trinajstić information content (AvgIpc) is 3.38. The van der Waals surface area contributed by atoms with E-state index in [4.69, 9.17) is 9.26 Å². The summed E-state index contributed by atoms with van der Waals surface area (Å²) in [5, 5.41) is 8.14. The number of thiophene rings is 1. The molecular formula is C18H13BrN4O4S. The van der Waals surface area contributed by atoms with Gasteiger partial charge in [0, 0.05) is 22.0 Å². The molecule has 28 heavy (non-hydrogen) atoms. The second-order valence-electron chi connectivity index (χ2n) is 5.84.